The van der Waals surface area contributed by atoms with Gasteiger partial charge in [0.05, 0.1) is 10.6 Å². The number of halogens is 1. The molecule has 8 nitrogen and oxygen atoms in total. The smallest absolute Gasteiger partial charge is 0.235 e. The third kappa shape index (κ3) is 6.61. The largest absolute Gasteiger partial charge is 0.300 e. The monoisotopic (exact) mass is 423 g/mol. The van der Waals surface area contributed by atoms with E-state index in [0.29, 0.717) is 15.9 Å². The fourth-order valence-corrected chi connectivity index (χ4v) is 2.95. The highest BCUT2D eigenvalue weighted by atomic mass is 35.5. The second kappa shape index (κ2) is 9.97. The van der Waals surface area contributed by atoms with Gasteiger partial charge in [0.1, 0.15) is 5.71 Å². The van der Waals surface area contributed by atoms with Crippen LogP contribution >= 0.6 is 35.2 Å². The number of hydrazone groups is 1. The second-order valence-corrected chi connectivity index (χ2v) is 7.05. The molecular weight excluding hydrogens is 406 g/mol. The minimum Gasteiger partial charge on any atom is -0.300 e. The molecule has 1 aromatic carbocycles. The van der Waals surface area contributed by atoms with Gasteiger partial charge in [-0.3, -0.25) is 26.5 Å². The normalized spacial score (nSPS) is 11.3. The van der Waals surface area contributed by atoms with E-state index in [4.69, 9.17) is 29.7 Å². The molecule has 6 N–H and O–H groups in total. The van der Waals surface area contributed by atoms with Crippen LogP contribution in [0.15, 0.2) is 35.4 Å². The van der Waals surface area contributed by atoms with Crippen molar-refractivity contribution >= 4 is 63.1 Å². The van der Waals surface area contributed by atoms with Gasteiger partial charge < -0.3 is 0 Å². The fourth-order valence-electron chi connectivity index (χ4n) is 1.89. The highest BCUT2D eigenvalue weighted by molar-refractivity contribution is 7.80. The minimum atomic E-state index is -0.220. The number of amides is 1. The number of anilines is 1. The van der Waals surface area contributed by atoms with Crippen LogP contribution in [0.2, 0.25) is 5.02 Å². The molecule has 1 amide bonds. The number of nitrogens with two attached hydrogens (primary N) is 1. The van der Waals surface area contributed by atoms with Crippen molar-refractivity contribution in [2.75, 3.05) is 5.43 Å². The number of hydrogen-bond donors (Lipinski definition) is 5. The first-order chi connectivity index (χ1) is 12.9. The molecule has 142 valence electrons. The zero-order valence-electron chi connectivity index (χ0n) is 14.5. The van der Waals surface area contributed by atoms with Crippen molar-refractivity contribution in [2.45, 2.75) is 13.8 Å². The van der Waals surface area contributed by atoms with Crippen LogP contribution < -0.4 is 27.5 Å². The van der Waals surface area contributed by atoms with E-state index in [1.807, 2.05) is 31.2 Å². The molecule has 0 aliphatic carbocycles. The number of thiazole rings is 1. The molecule has 2 rings (SSSR count). The Labute approximate surface area is 170 Å². The molecule has 27 heavy (non-hydrogen) atoms. The maximum Gasteiger partial charge on any atom is 0.235 e. The molecule has 0 aliphatic rings. The molecule has 0 atom stereocenters. The van der Waals surface area contributed by atoms with Gasteiger partial charge in [0.25, 0.3) is 0 Å². The van der Waals surface area contributed by atoms with Crippen LogP contribution in [0.3, 0.4) is 0 Å². The Bertz CT molecular complexity index is 877. The van der Waals surface area contributed by atoms with Gasteiger partial charge in [0.15, 0.2) is 0 Å². The Morgan fingerprint density at radius 1 is 1.37 bits per heavy atom. The lowest BCUT2D eigenvalue weighted by Gasteiger charge is -2.04. The van der Waals surface area contributed by atoms with E-state index in [1.54, 1.807) is 12.1 Å². The summed E-state index contributed by atoms with van der Waals surface area (Å²) in [4.78, 5) is 16.2. The summed E-state index contributed by atoms with van der Waals surface area (Å²) in [5.41, 5.74) is 12.5. The Hall–Kier alpha value is -2.53. The second-order valence-electron chi connectivity index (χ2n) is 5.21. The SMILES string of the molecule is CC(=O)NNc1nc(C)c(C(/C=C\c2ccc(Cl)cc2)=N\NC(=S)NN)s1. The molecular formula is C16H18ClN7OS2. The Balaban J connectivity index is 2.30. The van der Waals surface area contributed by atoms with Gasteiger partial charge in [0, 0.05) is 11.9 Å². The number of nitrogens with zero attached hydrogens (tertiary/aromatic N) is 2. The van der Waals surface area contributed by atoms with Crippen LogP contribution in [0.5, 0.6) is 0 Å². The molecule has 0 saturated heterocycles. The van der Waals surface area contributed by atoms with Crippen LogP contribution in [0, 0.1) is 6.92 Å². The van der Waals surface area contributed by atoms with Gasteiger partial charge in [0.2, 0.25) is 16.2 Å². The Kier molecular flexibility index (Phi) is 7.67. The molecule has 1 heterocycles. The Morgan fingerprint density at radius 2 is 2.07 bits per heavy atom. The van der Waals surface area contributed by atoms with E-state index in [0.717, 1.165) is 16.1 Å². The summed E-state index contributed by atoms with van der Waals surface area (Å²) in [6.07, 6.45) is 3.70. The predicted octanol–water partition coefficient (Wildman–Crippen LogP) is 2.32. The van der Waals surface area contributed by atoms with Crippen LogP contribution in [0.4, 0.5) is 5.13 Å². The number of rotatable bonds is 6. The van der Waals surface area contributed by atoms with Crippen molar-refractivity contribution in [1.29, 1.82) is 0 Å². The summed E-state index contributed by atoms with van der Waals surface area (Å²) in [7, 11) is 0. The first-order valence-corrected chi connectivity index (χ1v) is 9.27. The number of hydrogen-bond acceptors (Lipinski definition) is 7. The molecule has 0 fully saturated rings. The number of nitrogens with one attached hydrogen (secondary N) is 4. The van der Waals surface area contributed by atoms with Gasteiger partial charge in [-0.2, -0.15) is 5.10 Å². The summed E-state index contributed by atoms with van der Waals surface area (Å²) in [5, 5.41) is 5.66. The fraction of sp³-hybridized carbons (Fsp3) is 0.125. The van der Waals surface area contributed by atoms with Crippen molar-refractivity contribution in [3.8, 4) is 0 Å². The van der Waals surface area contributed by atoms with Crippen molar-refractivity contribution in [1.82, 2.24) is 21.3 Å². The van der Waals surface area contributed by atoms with Crippen LogP contribution in [0.1, 0.15) is 23.1 Å². The summed E-state index contributed by atoms with van der Waals surface area (Å²) < 4.78 is 0. The van der Waals surface area contributed by atoms with E-state index >= 15 is 0 Å². The van der Waals surface area contributed by atoms with Gasteiger partial charge in [-0.05, 0) is 42.9 Å². The van der Waals surface area contributed by atoms with Crippen molar-refractivity contribution in [3.63, 3.8) is 0 Å². The number of benzene rings is 1. The number of carbonyl (C=O) groups excluding carboxylic acids is 1. The highest BCUT2D eigenvalue weighted by Gasteiger charge is 2.12. The number of aromatic nitrogens is 1. The van der Waals surface area contributed by atoms with Crippen LogP contribution in [0.25, 0.3) is 6.08 Å². The van der Waals surface area contributed by atoms with Gasteiger partial charge in [-0.1, -0.05) is 41.1 Å². The molecule has 2 aromatic rings. The maximum absolute atomic E-state index is 11.1. The quantitative estimate of drug-likeness (QED) is 0.209. The van der Waals surface area contributed by atoms with Crippen LogP contribution in [-0.4, -0.2) is 21.7 Å². The Morgan fingerprint density at radius 3 is 2.70 bits per heavy atom. The average molecular weight is 424 g/mol. The third-order valence-corrected chi connectivity index (χ3v) is 4.64. The molecule has 0 spiro atoms. The van der Waals surface area contributed by atoms with E-state index < -0.39 is 0 Å². The predicted molar refractivity (Wildman–Crippen MR) is 114 cm³/mol. The first-order valence-electron chi connectivity index (χ1n) is 7.67. The number of hydrazine groups is 2. The van der Waals surface area contributed by atoms with Crippen molar-refractivity contribution in [3.05, 3.63) is 51.5 Å². The number of aryl methyl sites for hydroxylation is 1. The molecule has 0 saturated carbocycles. The van der Waals surface area contributed by atoms with Crippen molar-refractivity contribution < 1.29 is 4.79 Å². The van der Waals surface area contributed by atoms with Gasteiger partial charge >= 0.3 is 0 Å². The maximum atomic E-state index is 11.1. The topological polar surface area (TPSA) is 116 Å². The van der Waals surface area contributed by atoms with E-state index in [2.05, 4.69) is 31.8 Å². The molecule has 0 aliphatic heterocycles. The van der Waals surface area contributed by atoms with Crippen molar-refractivity contribution in [2.24, 2.45) is 10.9 Å². The molecule has 0 unspecified atom stereocenters. The van der Waals surface area contributed by atoms with Gasteiger partial charge in [-0.25, -0.2) is 10.8 Å². The lowest BCUT2D eigenvalue weighted by Crippen LogP contribution is -2.37. The number of thiocarbonyl (C=S) groups is 1. The number of allylic oxidation sites excluding steroid dienone is 1. The third-order valence-electron chi connectivity index (χ3n) is 3.09. The molecule has 1 aromatic heterocycles. The summed E-state index contributed by atoms with van der Waals surface area (Å²) >= 11 is 12.2. The number of carbonyl (C=O) groups is 1. The van der Waals surface area contributed by atoms with E-state index in [1.165, 1.54) is 18.3 Å². The zero-order chi connectivity index (χ0) is 19.8. The summed E-state index contributed by atoms with van der Waals surface area (Å²) in [6.45, 7) is 3.25. The van der Waals surface area contributed by atoms with Crippen LogP contribution in [-0.2, 0) is 4.79 Å². The highest BCUT2D eigenvalue weighted by Crippen LogP contribution is 2.23. The van der Waals surface area contributed by atoms with E-state index in [9.17, 15) is 4.79 Å². The minimum absolute atomic E-state index is 0.172. The lowest BCUT2D eigenvalue weighted by molar-refractivity contribution is -0.118. The first kappa shape index (κ1) is 20.8. The molecule has 0 bridgehead atoms. The standard InChI is InChI=1S/C16H18ClN7OS2/c1-9-14(27-16(19-9)24-21-10(2)25)13(22-23-15(26)20-18)8-5-11-3-6-12(17)7-4-11/h3-8H,18H2,1-2H3,(H,19,24)(H,21,25)(H2,20,23,26)/b8-5-,22-13-. The molecule has 11 heteroatoms. The zero-order valence-corrected chi connectivity index (χ0v) is 16.9. The summed E-state index contributed by atoms with van der Waals surface area (Å²) in [5.74, 6) is 5.04. The van der Waals surface area contributed by atoms with Gasteiger partial charge in [-0.15, -0.1) is 0 Å². The molecule has 0 radical (unpaired) electrons. The average Bonchev–Trinajstić information content (AvgIpc) is 3.01. The lowest BCUT2D eigenvalue weighted by atomic mass is 10.1. The van der Waals surface area contributed by atoms with E-state index in [-0.39, 0.29) is 11.0 Å². The summed E-state index contributed by atoms with van der Waals surface area (Å²) in [6, 6.07) is 7.38.